The van der Waals surface area contributed by atoms with Crippen LogP contribution in [-0.2, 0) is 9.59 Å². The van der Waals surface area contributed by atoms with Crippen molar-refractivity contribution in [1.82, 2.24) is 9.88 Å². The predicted molar refractivity (Wildman–Crippen MR) is 124 cm³/mol. The van der Waals surface area contributed by atoms with Gasteiger partial charge in [0.1, 0.15) is 5.25 Å². The molecule has 1 unspecified atom stereocenters. The molecule has 1 saturated heterocycles. The number of aromatic nitrogens is 1. The summed E-state index contributed by atoms with van der Waals surface area (Å²) in [6, 6.07) is 15.4. The quantitative estimate of drug-likeness (QED) is 0.566. The minimum Gasteiger partial charge on any atom is -0.326 e. The van der Waals surface area contributed by atoms with Gasteiger partial charge in [0.05, 0.1) is 10.2 Å². The van der Waals surface area contributed by atoms with Crippen LogP contribution in [0.3, 0.4) is 0 Å². The molecule has 1 aliphatic heterocycles. The summed E-state index contributed by atoms with van der Waals surface area (Å²) in [6.07, 6.45) is 1.73. The molecule has 1 fully saturated rings. The summed E-state index contributed by atoms with van der Waals surface area (Å²) in [5.41, 5.74) is 2.60. The standard InChI is InChI=1S/C22H20N4O2S2/c1-3-12-26-20(28)18(13-19(27)23-15-9-5-4-8-14(15)2)30-22(26)25-21-24-16-10-6-7-11-17(16)29-21/h3-11,18H,1,12-13H2,2H3,(H,23,27)/b25-22-. The molecule has 1 N–H and O–H groups in total. The van der Waals surface area contributed by atoms with E-state index in [0.717, 1.165) is 21.5 Å². The van der Waals surface area contributed by atoms with Gasteiger partial charge in [-0.05, 0) is 30.7 Å². The highest BCUT2D eigenvalue weighted by Gasteiger charge is 2.38. The highest BCUT2D eigenvalue weighted by atomic mass is 32.2. The molecule has 0 spiro atoms. The third-order valence-electron chi connectivity index (χ3n) is 4.60. The summed E-state index contributed by atoms with van der Waals surface area (Å²) in [4.78, 5) is 36.2. The number of aryl methyl sites for hydroxylation is 1. The molecule has 6 nitrogen and oxygen atoms in total. The first-order valence-corrected chi connectivity index (χ1v) is 11.1. The fraction of sp³-hybridized carbons (Fsp3) is 0.182. The van der Waals surface area contributed by atoms with Crippen LogP contribution in [0.2, 0.25) is 0 Å². The number of amidine groups is 1. The maximum absolute atomic E-state index is 12.9. The lowest BCUT2D eigenvalue weighted by Gasteiger charge is -2.13. The zero-order chi connectivity index (χ0) is 21.1. The van der Waals surface area contributed by atoms with Gasteiger partial charge in [-0.3, -0.25) is 14.5 Å². The highest BCUT2D eigenvalue weighted by molar-refractivity contribution is 8.15. The second-order valence-corrected chi connectivity index (χ2v) is 8.95. The average molecular weight is 437 g/mol. The Morgan fingerprint density at radius 1 is 1.27 bits per heavy atom. The Kier molecular flexibility index (Phi) is 5.96. The number of hydrogen-bond acceptors (Lipinski definition) is 6. The number of nitrogens with zero attached hydrogens (tertiary/aromatic N) is 3. The van der Waals surface area contributed by atoms with Crippen LogP contribution in [0.15, 0.2) is 66.2 Å². The Morgan fingerprint density at radius 2 is 2.03 bits per heavy atom. The van der Waals surface area contributed by atoms with E-state index in [-0.39, 0.29) is 18.2 Å². The topological polar surface area (TPSA) is 74.7 Å². The molecule has 0 aliphatic carbocycles. The SMILES string of the molecule is C=CCN1C(=O)C(CC(=O)Nc2ccccc2C)S/C1=N\c1nc2ccccc2s1. The Hall–Kier alpha value is -2.97. The molecule has 8 heteroatoms. The summed E-state index contributed by atoms with van der Waals surface area (Å²) in [7, 11) is 0. The van der Waals surface area contributed by atoms with Gasteiger partial charge in [0.25, 0.3) is 0 Å². The average Bonchev–Trinajstić information content (AvgIpc) is 3.26. The van der Waals surface area contributed by atoms with Gasteiger partial charge >= 0.3 is 0 Å². The van der Waals surface area contributed by atoms with Gasteiger partial charge in [-0.1, -0.05) is 59.5 Å². The van der Waals surface area contributed by atoms with Crippen molar-refractivity contribution >= 4 is 61.1 Å². The molecule has 0 saturated carbocycles. The van der Waals surface area contributed by atoms with Gasteiger partial charge in [-0.2, -0.15) is 4.99 Å². The number of nitrogens with one attached hydrogen (secondary N) is 1. The zero-order valence-corrected chi connectivity index (χ0v) is 18.0. The van der Waals surface area contributed by atoms with Crippen molar-refractivity contribution in [1.29, 1.82) is 0 Å². The van der Waals surface area contributed by atoms with Crippen molar-refractivity contribution in [3.8, 4) is 0 Å². The molecule has 3 aromatic rings. The van der Waals surface area contributed by atoms with Crippen LogP contribution in [0.5, 0.6) is 0 Å². The van der Waals surface area contributed by atoms with Gasteiger partial charge in [0.15, 0.2) is 5.17 Å². The van der Waals surface area contributed by atoms with E-state index in [4.69, 9.17) is 0 Å². The molecule has 2 aromatic carbocycles. The molecule has 30 heavy (non-hydrogen) atoms. The van der Waals surface area contributed by atoms with E-state index in [1.165, 1.54) is 23.1 Å². The number of rotatable bonds is 6. The number of hydrogen-bond donors (Lipinski definition) is 1. The van der Waals surface area contributed by atoms with Crippen LogP contribution in [0, 0.1) is 6.92 Å². The van der Waals surface area contributed by atoms with Crippen LogP contribution in [0.1, 0.15) is 12.0 Å². The number of thiazole rings is 1. The Bertz CT molecular complexity index is 1120. The number of carbonyl (C=O) groups is 2. The number of amides is 2. The van der Waals surface area contributed by atoms with Crippen LogP contribution >= 0.6 is 23.1 Å². The molecule has 1 aliphatic rings. The highest BCUT2D eigenvalue weighted by Crippen LogP contribution is 2.34. The van der Waals surface area contributed by atoms with Crippen LogP contribution in [0.4, 0.5) is 10.8 Å². The fourth-order valence-corrected chi connectivity index (χ4v) is 5.14. The number of para-hydroxylation sites is 2. The minimum atomic E-state index is -0.526. The van der Waals surface area contributed by atoms with Gasteiger partial charge < -0.3 is 5.32 Å². The first kappa shape index (κ1) is 20.3. The molecule has 4 rings (SSSR count). The molecule has 2 heterocycles. The van der Waals surface area contributed by atoms with Crippen LogP contribution in [0.25, 0.3) is 10.2 Å². The van der Waals surface area contributed by atoms with Crippen molar-refractivity contribution in [2.45, 2.75) is 18.6 Å². The summed E-state index contributed by atoms with van der Waals surface area (Å²) in [6.45, 7) is 6.00. The van der Waals surface area contributed by atoms with Gasteiger partial charge in [-0.25, -0.2) is 4.98 Å². The lowest BCUT2D eigenvalue weighted by Crippen LogP contribution is -2.33. The van der Waals surface area contributed by atoms with Crippen molar-refractivity contribution in [3.63, 3.8) is 0 Å². The van der Waals surface area contributed by atoms with E-state index >= 15 is 0 Å². The predicted octanol–water partition coefficient (Wildman–Crippen LogP) is 4.75. The Morgan fingerprint density at radius 3 is 2.80 bits per heavy atom. The summed E-state index contributed by atoms with van der Waals surface area (Å²) in [5.74, 6) is -0.338. The van der Waals surface area contributed by atoms with Gasteiger partial charge in [-0.15, -0.1) is 6.58 Å². The molecule has 1 atom stereocenters. The van der Waals surface area contributed by atoms with Crippen molar-refractivity contribution in [2.75, 3.05) is 11.9 Å². The molecule has 2 amide bonds. The minimum absolute atomic E-state index is 0.0738. The number of anilines is 1. The van der Waals surface area contributed by atoms with Crippen molar-refractivity contribution < 1.29 is 9.59 Å². The largest absolute Gasteiger partial charge is 0.326 e. The van der Waals surface area contributed by atoms with Crippen molar-refractivity contribution in [3.05, 3.63) is 66.7 Å². The van der Waals surface area contributed by atoms with Crippen LogP contribution < -0.4 is 5.32 Å². The second kappa shape index (κ2) is 8.81. The number of benzene rings is 2. The Labute approximate surface area is 182 Å². The van der Waals surface area contributed by atoms with E-state index in [1.807, 2.05) is 55.5 Å². The third kappa shape index (κ3) is 4.29. The second-order valence-electron chi connectivity index (χ2n) is 6.77. The third-order valence-corrected chi connectivity index (χ3v) is 6.70. The lowest BCUT2D eigenvalue weighted by atomic mass is 10.2. The van der Waals surface area contributed by atoms with E-state index in [9.17, 15) is 9.59 Å². The first-order chi connectivity index (χ1) is 14.5. The lowest BCUT2D eigenvalue weighted by molar-refractivity contribution is -0.127. The van der Waals surface area contributed by atoms with Gasteiger partial charge in [0, 0.05) is 18.7 Å². The monoisotopic (exact) mass is 436 g/mol. The number of fused-ring (bicyclic) bond motifs is 1. The number of thioether (sulfide) groups is 1. The molecular formula is C22H20N4O2S2. The summed E-state index contributed by atoms with van der Waals surface area (Å²) in [5, 5.41) is 3.50. The molecule has 0 bridgehead atoms. The normalized spacial score (nSPS) is 17.6. The van der Waals surface area contributed by atoms with Crippen LogP contribution in [-0.4, -0.2) is 38.7 Å². The van der Waals surface area contributed by atoms with Gasteiger partial charge in [0.2, 0.25) is 16.9 Å². The molecule has 0 radical (unpaired) electrons. The smallest absolute Gasteiger partial charge is 0.242 e. The number of aliphatic imine (C=N–C) groups is 1. The van der Waals surface area contributed by atoms with E-state index < -0.39 is 5.25 Å². The first-order valence-electron chi connectivity index (χ1n) is 9.44. The number of carbonyl (C=O) groups excluding carboxylic acids is 2. The zero-order valence-electron chi connectivity index (χ0n) is 16.4. The Balaban J connectivity index is 1.52. The van der Waals surface area contributed by atoms with Crippen molar-refractivity contribution in [2.24, 2.45) is 4.99 Å². The molecule has 1 aromatic heterocycles. The molecular weight excluding hydrogens is 416 g/mol. The summed E-state index contributed by atoms with van der Waals surface area (Å²) < 4.78 is 1.04. The molecule has 152 valence electrons. The fourth-order valence-electron chi connectivity index (χ4n) is 3.09. The van der Waals surface area contributed by atoms with E-state index in [2.05, 4.69) is 21.9 Å². The van der Waals surface area contributed by atoms with E-state index in [1.54, 1.807) is 11.0 Å². The maximum atomic E-state index is 12.9. The van der Waals surface area contributed by atoms with E-state index in [0.29, 0.717) is 16.8 Å². The summed E-state index contributed by atoms with van der Waals surface area (Å²) >= 11 is 2.77. The maximum Gasteiger partial charge on any atom is 0.242 e.